The van der Waals surface area contributed by atoms with Gasteiger partial charge in [0, 0.05) is 25.4 Å². The van der Waals surface area contributed by atoms with Gasteiger partial charge in [0.25, 0.3) is 0 Å². The fourth-order valence-electron chi connectivity index (χ4n) is 2.05. The summed E-state index contributed by atoms with van der Waals surface area (Å²) in [6.07, 6.45) is 2.05. The number of thiol groups is 1. The number of carbonyl (C=O) groups is 1. The number of H-pyrrole nitrogens is 1. The molecule has 1 aromatic rings. The number of amides is 1. The number of nitrogens with one attached hydrogen (secondary N) is 1. The molecule has 0 aliphatic carbocycles. The van der Waals surface area contributed by atoms with Crippen molar-refractivity contribution >= 4 is 18.5 Å². The highest BCUT2D eigenvalue weighted by atomic mass is 32.1. The summed E-state index contributed by atoms with van der Waals surface area (Å²) in [5.41, 5.74) is 0. The number of aromatic nitrogens is 2. The number of aromatic amines is 1. The van der Waals surface area contributed by atoms with Gasteiger partial charge in [-0.3, -0.25) is 4.79 Å². The number of hydrogen-bond acceptors (Lipinski definition) is 5. The highest BCUT2D eigenvalue weighted by molar-refractivity contribution is 7.80. The van der Waals surface area contributed by atoms with Gasteiger partial charge in [-0.2, -0.15) is 12.6 Å². The molecule has 1 fully saturated rings. The zero-order valence-electron chi connectivity index (χ0n) is 9.39. The van der Waals surface area contributed by atoms with Crippen LogP contribution in [-0.4, -0.2) is 39.8 Å². The maximum atomic E-state index is 11.6. The lowest BCUT2D eigenvalue weighted by molar-refractivity contribution is -0.131. The van der Waals surface area contributed by atoms with Gasteiger partial charge >= 0.3 is 5.76 Å². The lowest BCUT2D eigenvalue weighted by Gasteiger charge is -2.30. The summed E-state index contributed by atoms with van der Waals surface area (Å²) in [6, 6.07) is 0. The van der Waals surface area contributed by atoms with Gasteiger partial charge < -0.3 is 9.32 Å². The third-order valence-corrected chi connectivity index (χ3v) is 3.20. The van der Waals surface area contributed by atoms with Crippen molar-refractivity contribution in [2.45, 2.75) is 25.2 Å². The molecule has 1 N–H and O–H groups in total. The van der Waals surface area contributed by atoms with Crippen LogP contribution >= 0.6 is 12.6 Å². The van der Waals surface area contributed by atoms with Crippen LogP contribution in [0.15, 0.2) is 9.21 Å². The molecular weight excluding hydrogens is 242 g/mol. The Morgan fingerprint density at radius 3 is 2.76 bits per heavy atom. The quantitative estimate of drug-likeness (QED) is 0.768. The Hall–Kier alpha value is -1.24. The van der Waals surface area contributed by atoms with E-state index in [2.05, 4.69) is 22.8 Å². The number of likely N-dealkylation sites (tertiary alicyclic amines) is 1. The van der Waals surface area contributed by atoms with E-state index in [4.69, 9.17) is 4.42 Å². The lowest BCUT2D eigenvalue weighted by Crippen LogP contribution is -2.38. The average Bonchev–Trinajstić information content (AvgIpc) is 2.76. The smallest absolute Gasteiger partial charge is 0.392 e. The molecule has 1 aromatic heterocycles. The first-order valence-electron chi connectivity index (χ1n) is 5.64. The first kappa shape index (κ1) is 12.2. The molecule has 6 nitrogen and oxygen atoms in total. The summed E-state index contributed by atoms with van der Waals surface area (Å²) in [4.78, 5) is 24.3. The summed E-state index contributed by atoms with van der Waals surface area (Å²) in [5.74, 6) is 0.785. The van der Waals surface area contributed by atoms with Crippen LogP contribution < -0.4 is 5.76 Å². The van der Waals surface area contributed by atoms with Crippen LogP contribution in [-0.2, 0) is 4.79 Å². The van der Waals surface area contributed by atoms with Gasteiger partial charge in [0.05, 0.1) is 0 Å². The maximum Gasteiger partial charge on any atom is 0.434 e. The van der Waals surface area contributed by atoms with E-state index >= 15 is 0 Å². The zero-order chi connectivity index (χ0) is 12.3. The lowest BCUT2D eigenvalue weighted by atomic mass is 9.96. The first-order valence-corrected chi connectivity index (χ1v) is 6.28. The Labute approximate surface area is 104 Å². The van der Waals surface area contributed by atoms with Crippen molar-refractivity contribution in [1.29, 1.82) is 0 Å². The molecule has 94 valence electrons. The molecular formula is C10H15N3O3S. The molecule has 1 aliphatic heterocycles. The maximum absolute atomic E-state index is 11.6. The predicted molar refractivity (Wildman–Crippen MR) is 64.1 cm³/mol. The zero-order valence-corrected chi connectivity index (χ0v) is 10.3. The largest absolute Gasteiger partial charge is 0.434 e. The SMILES string of the molecule is O=C(CCS)N1CCC(c2n[nH]c(=O)o2)CC1. The average molecular weight is 257 g/mol. The molecule has 2 heterocycles. The van der Waals surface area contributed by atoms with Crippen LogP contribution in [0.2, 0.25) is 0 Å². The molecule has 0 saturated carbocycles. The summed E-state index contributed by atoms with van der Waals surface area (Å²) >= 11 is 4.05. The van der Waals surface area contributed by atoms with Crippen LogP contribution in [0.5, 0.6) is 0 Å². The van der Waals surface area contributed by atoms with Crippen molar-refractivity contribution < 1.29 is 9.21 Å². The Morgan fingerprint density at radius 1 is 1.53 bits per heavy atom. The molecule has 1 aliphatic rings. The normalized spacial score (nSPS) is 17.4. The summed E-state index contributed by atoms with van der Waals surface area (Å²) in [5, 5.41) is 6.08. The van der Waals surface area contributed by atoms with Gasteiger partial charge in [0.1, 0.15) is 0 Å². The number of nitrogens with zero attached hydrogens (tertiary/aromatic N) is 2. The number of hydrogen-bond donors (Lipinski definition) is 2. The third-order valence-electron chi connectivity index (χ3n) is 2.98. The molecule has 0 bridgehead atoms. The molecule has 0 aromatic carbocycles. The van der Waals surface area contributed by atoms with Crippen molar-refractivity contribution in [3.05, 3.63) is 16.4 Å². The van der Waals surface area contributed by atoms with E-state index in [-0.39, 0.29) is 11.8 Å². The van der Waals surface area contributed by atoms with Crippen LogP contribution in [0.3, 0.4) is 0 Å². The molecule has 0 spiro atoms. The second-order valence-electron chi connectivity index (χ2n) is 4.08. The molecule has 17 heavy (non-hydrogen) atoms. The van der Waals surface area contributed by atoms with E-state index in [9.17, 15) is 9.59 Å². The topological polar surface area (TPSA) is 79.2 Å². The molecule has 0 radical (unpaired) electrons. The second kappa shape index (κ2) is 5.39. The van der Waals surface area contributed by atoms with Crippen molar-refractivity contribution in [2.24, 2.45) is 0 Å². The number of rotatable bonds is 3. The van der Waals surface area contributed by atoms with Crippen molar-refractivity contribution in [2.75, 3.05) is 18.8 Å². The van der Waals surface area contributed by atoms with Gasteiger partial charge in [-0.15, -0.1) is 5.10 Å². The minimum atomic E-state index is -0.520. The monoisotopic (exact) mass is 257 g/mol. The van der Waals surface area contributed by atoms with E-state index in [1.54, 1.807) is 0 Å². The Balaban J connectivity index is 1.90. The Kier molecular flexibility index (Phi) is 3.88. The summed E-state index contributed by atoms with van der Waals surface area (Å²) in [7, 11) is 0. The van der Waals surface area contributed by atoms with E-state index < -0.39 is 5.76 Å². The van der Waals surface area contributed by atoms with E-state index in [1.165, 1.54) is 0 Å². The molecule has 1 amide bonds. The number of carbonyl (C=O) groups excluding carboxylic acids is 1. The van der Waals surface area contributed by atoms with Crippen LogP contribution in [0, 0.1) is 0 Å². The van der Waals surface area contributed by atoms with Crippen LogP contribution in [0.4, 0.5) is 0 Å². The van der Waals surface area contributed by atoms with Gasteiger partial charge in [-0.25, -0.2) is 9.89 Å². The van der Waals surface area contributed by atoms with Gasteiger partial charge in [-0.1, -0.05) is 0 Å². The van der Waals surface area contributed by atoms with Gasteiger partial charge in [0.15, 0.2) is 0 Å². The number of piperidine rings is 1. The molecule has 1 saturated heterocycles. The Bertz CT molecular complexity index is 434. The highest BCUT2D eigenvalue weighted by Crippen LogP contribution is 2.25. The summed E-state index contributed by atoms with van der Waals surface area (Å²) < 4.78 is 4.93. The van der Waals surface area contributed by atoms with Crippen molar-refractivity contribution in [3.8, 4) is 0 Å². The fourth-order valence-corrected chi connectivity index (χ4v) is 2.24. The van der Waals surface area contributed by atoms with E-state index in [1.807, 2.05) is 4.90 Å². The van der Waals surface area contributed by atoms with Gasteiger partial charge in [-0.05, 0) is 18.6 Å². The molecule has 0 unspecified atom stereocenters. The fraction of sp³-hybridized carbons (Fsp3) is 0.700. The van der Waals surface area contributed by atoms with Gasteiger partial charge in [0.2, 0.25) is 11.8 Å². The van der Waals surface area contributed by atoms with E-state index in [0.29, 0.717) is 31.2 Å². The first-order chi connectivity index (χ1) is 8.20. The van der Waals surface area contributed by atoms with Crippen molar-refractivity contribution in [3.63, 3.8) is 0 Å². The van der Waals surface area contributed by atoms with Crippen LogP contribution in [0.1, 0.15) is 31.1 Å². The Morgan fingerprint density at radius 2 is 2.24 bits per heavy atom. The minimum Gasteiger partial charge on any atom is -0.392 e. The molecule has 2 rings (SSSR count). The van der Waals surface area contributed by atoms with Crippen molar-refractivity contribution in [1.82, 2.24) is 15.1 Å². The molecule has 7 heteroatoms. The standard InChI is InChI=1S/C10H15N3O3S/c14-8(3-6-17)13-4-1-7(2-5-13)9-11-12-10(15)16-9/h7,17H,1-6H2,(H,12,15). The highest BCUT2D eigenvalue weighted by Gasteiger charge is 2.26. The van der Waals surface area contributed by atoms with Crippen LogP contribution in [0.25, 0.3) is 0 Å². The molecule has 0 atom stereocenters. The second-order valence-corrected chi connectivity index (χ2v) is 4.53. The third kappa shape index (κ3) is 2.91. The van der Waals surface area contributed by atoms with E-state index in [0.717, 1.165) is 12.8 Å². The summed E-state index contributed by atoms with van der Waals surface area (Å²) in [6.45, 7) is 1.38. The predicted octanol–water partition coefficient (Wildman–Crippen LogP) is 0.389. The minimum absolute atomic E-state index is 0.133.